The summed E-state index contributed by atoms with van der Waals surface area (Å²) in [6.45, 7) is 5.22. The van der Waals surface area contributed by atoms with Gasteiger partial charge in [0, 0.05) is 17.5 Å². The molecule has 0 bridgehead atoms. The number of hydrogen-bond acceptors (Lipinski definition) is 5. The smallest absolute Gasteiger partial charge is 0.375 e. The minimum absolute atomic E-state index is 0.0452. The number of rotatable bonds is 4. The lowest BCUT2D eigenvalue weighted by Crippen LogP contribution is -2.44. The van der Waals surface area contributed by atoms with Gasteiger partial charge in [-0.3, -0.25) is 10.1 Å². The van der Waals surface area contributed by atoms with Gasteiger partial charge in [-0.1, -0.05) is 18.2 Å². The maximum atomic E-state index is 12.2. The number of fused-ring (bicyclic) bond motifs is 1. The minimum atomic E-state index is -1.13. The van der Waals surface area contributed by atoms with Crippen LogP contribution in [0.2, 0.25) is 0 Å². The molecule has 0 aliphatic carbocycles. The zero-order chi connectivity index (χ0) is 17.0. The molecular weight excluding hydrogens is 300 g/mol. The number of urea groups is 1. The highest BCUT2D eigenvalue weighted by Crippen LogP contribution is 2.25. The number of carbonyl (C=O) groups is 3. The van der Waals surface area contributed by atoms with E-state index in [9.17, 15) is 14.4 Å². The molecule has 1 aromatic carbocycles. The van der Waals surface area contributed by atoms with E-state index in [1.165, 1.54) is 6.92 Å². The van der Waals surface area contributed by atoms with Gasteiger partial charge < -0.3 is 14.5 Å². The van der Waals surface area contributed by atoms with E-state index in [4.69, 9.17) is 9.15 Å². The number of carbonyl (C=O) groups excluding carboxylic acids is 3. The molecule has 7 nitrogen and oxygen atoms in total. The standard InChI is InChI=1S/C16H18N2O5/c1-4-17-16(21)18-14(19)10(3)22-15(20)13-9(2)11-7-5-6-8-12(11)23-13/h5-8,10H,4H2,1-3H3,(H2,17,18,19,21). The molecule has 0 saturated heterocycles. The number of benzene rings is 1. The molecule has 2 rings (SSSR count). The molecule has 7 heteroatoms. The summed E-state index contributed by atoms with van der Waals surface area (Å²) >= 11 is 0. The molecule has 0 aliphatic rings. The van der Waals surface area contributed by atoms with Crippen LogP contribution < -0.4 is 10.6 Å². The van der Waals surface area contributed by atoms with Crippen molar-refractivity contribution in [1.29, 1.82) is 0 Å². The molecule has 1 atom stereocenters. The lowest BCUT2D eigenvalue weighted by molar-refractivity contribution is -0.128. The summed E-state index contributed by atoms with van der Waals surface area (Å²) < 4.78 is 10.5. The van der Waals surface area contributed by atoms with E-state index in [1.807, 2.05) is 12.1 Å². The van der Waals surface area contributed by atoms with Gasteiger partial charge in [-0.15, -0.1) is 0 Å². The van der Waals surface area contributed by atoms with Crippen molar-refractivity contribution in [1.82, 2.24) is 10.6 Å². The first-order chi connectivity index (χ1) is 10.9. The first-order valence-corrected chi connectivity index (χ1v) is 7.21. The molecular formula is C16H18N2O5. The summed E-state index contributed by atoms with van der Waals surface area (Å²) in [6.07, 6.45) is -1.13. The van der Waals surface area contributed by atoms with Crippen LogP contribution in [-0.4, -0.2) is 30.6 Å². The van der Waals surface area contributed by atoms with Gasteiger partial charge in [0.25, 0.3) is 5.91 Å². The summed E-state index contributed by atoms with van der Waals surface area (Å²) in [7, 11) is 0. The number of aryl methyl sites for hydroxylation is 1. The molecule has 122 valence electrons. The second-order valence-electron chi connectivity index (χ2n) is 4.95. The van der Waals surface area contributed by atoms with E-state index in [2.05, 4.69) is 10.6 Å². The molecule has 0 saturated carbocycles. The van der Waals surface area contributed by atoms with Crippen molar-refractivity contribution in [3.8, 4) is 0 Å². The Balaban J connectivity index is 2.07. The van der Waals surface area contributed by atoms with E-state index in [-0.39, 0.29) is 5.76 Å². The van der Waals surface area contributed by atoms with Gasteiger partial charge in [0.05, 0.1) is 0 Å². The number of hydrogen-bond donors (Lipinski definition) is 2. The van der Waals surface area contributed by atoms with Crippen molar-refractivity contribution >= 4 is 28.9 Å². The third-order valence-corrected chi connectivity index (χ3v) is 3.26. The van der Waals surface area contributed by atoms with E-state index in [0.29, 0.717) is 17.7 Å². The van der Waals surface area contributed by atoms with E-state index >= 15 is 0 Å². The Hall–Kier alpha value is -2.83. The molecule has 23 heavy (non-hydrogen) atoms. The minimum Gasteiger partial charge on any atom is -0.449 e. The maximum Gasteiger partial charge on any atom is 0.375 e. The first kappa shape index (κ1) is 16.5. The van der Waals surface area contributed by atoms with Crippen molar-refractivity contribution in [2.75, 3.05) is 6.54 Å². The molecule has 1 heterocycles. The molecule has 0 fully saturated rings. The van der Waals surface area contributed by atoms with Crippen LogP contribution in [0.25, 0.3) is 11.0 Å². The number of furan rings is 1. The summed E-state index contributed by atoms with van der Waals surface area (Å²) in [5.74, 6) is -1.42. The number of amides is 3. The largest absolute Gasteiger partial charge is 0.449 e. The Morgan fingerprint density at radius 1 is 1.26 bits per heavy atom. The zero-order valence-corrected chi connectivity index (χ0v) is 13.1. The van der Waals surface area contributed by atoms with Gasteiger partial charge in [-0.2, -0.15) is 0 Å². The second kappa shape index (κ2) is 6.95. The Morgan fingerprint density at radius 2 is 1.96 bits per heavy atom. The molecule has 0 radical (unpaired) electrons. The average Bonchev–Trinajstić information content (AvgIpc) is 2.85. The van der Waals surface area contributed by atoms with Gasteiger partial charge in [0.2, 0.25) is 5.76 Å². The predicted molar refractivity (Wildman–Crippen MR) is 83.0 cm³/mol. The van der Waals surface area contributed by atoms with Gasteiger partial charge >= 0.3 is 12.0 Å². The fourth-order valence-corrected chi connectivity index (χ4v) is 2.05. The Kier molecular flexibility index (Phi) is 5.00. The SMILES string of the molecule is CCNC(=O)NC(=O)C(C)OC(=O)c1oc2ccccc2c1C. The van der Waals surface area contributed by atoms with Crippen LogP contribution in [0.3, 0.4) is 0 Å². The van der Waals surface area contributed by atoms with Crippen LogP contribution >= 0.6 is 0 Å². The molecule has 2 aromatic rings. The Labute approximate surface area is 133 Å². The fourth-order valence-electron chi connectivity index (χ4n) is 2.05. The highest BCUT2D eigenvalue weighted by molar-refractivity contribution is 5.99. The van der Waals surface area contributed by atoms with Crippen LogP contribution in [0, 0.1) is 6.92 Å². The number of nitrogens with one attached hydrogen (secondary N) is 2. The highest BCUT2D eigenvalue weighted by atomic mass is 16.6. The molecule has 1 aromatic heterocycles. The van der Waals surface area contributed by atoms with Gasteiger partial charge in [-0.05, 0) is 26.8 Å². The molecule has 0 aliphatic heterocycles. The van der Waals surface area contributed by atoms with Crippen LogP contribution in [0.15, 0.2) is 28.7 Å². The fraction of sp³-hybridized carbons (Fsp3) is 0.312. The lowest BCUT2D eigenvalue weighted by atomic mass is 10.1. The predicted octanol–water partition coefficient (Wildman–Crippen LogP) is 2.13. The molecule has 1 unspecified atom stereocenters. The van der Waals surface area contributed by atoms with E-state index in [0.717, 1.165) is 5.39 Å². The zero-order valence-electron chi connectivity index (χ0n) is 13.1. The van der Waals surface area contributed by atoms with Crippen LogP contribution in [0.1, 0.15) is 30.0 Å². The van der Waals surface area contributed by atoms with Gasteiger partial charge in [0.15, 0.2) is 6.10 Å². The molecule has 0 spiro atoms. The second-order valence-corrected chi connectivity index (χ2v) is 4.95. The average molecular weight is 318 g/mol. The molecule has 2 N–H and O–H groups in total. The third-order valence-electron chi connectivity index (χ3n) is 3.26. The van der Waals surface area contributed by atoms with E-state index in [1.54, 1.807) is 26.0 Å². The maximum absolute atomic E-state index is 12.2. The van der Waals surface area contributed by atoms with Crippen molar-refractivity contribution in [2.24, 2.45) is 0 Å². The van der Waals surface area contributed by atoms with E-state index < -0.39 is 24.0 Å². The van der Waals surface area contributed by atoms with Crippen molar-refractivity contribution in [2.45, 2.75) is 26.9 Å². The molecule has 3 amide bonds. The van der Waals surface area contributed by atoms with Gasteiger partial charge in [-0.25, -0.2) is 9.59 Å². The lowest BCUT2D eigenvalue weighted by Gasteiger charge is -2.12. The topological polar surface area (TPSA) is 97.6 Å². The van der Waals surface area contributed by atoms with Crippen LogP contribution in [-0.2, 0) is 9.53 Å². The number of para-hydroxylation sites is 1. The highest BCUT2D eigenvalue weighted by Gasteiger charge is 2.24. The summed E-state index contributed by atoms with van der Waals surface area (Å²) in [5, 5.41) is 5.30. The van der Waals surface area contributed by atoms with Crippen molar-refractivity contribution in [3.63, 3.8) is 0 Å². The van der Waals surface area contributed by atoms with Crippen LogP contribution in [0.5, 0.6) is 0 Å². The number of ether oxygens (including phenoxy) is 1. The normalized spacial score (nSPS) is 11.8. The quantitative estimate of drug-likeness (QED) is 0.842. The summed E-state index contributed by atoms with van der Waals surface area (Å²) in [5.41, 5.74) is 1.21. The van der Waals surface area contributed by atoms with Crippen molar-refractivity contribution in [3.05, 3.63) is 35.6 Å². The first-order valence-electron chi connectivity index (χ1n) is 7.21. The number of imide groups is 1. The summed E-state index contributed by atoms with van der Waals surface area (Å²) in [4.78, 5) is 35.2. The third kappa shape index (κ3) is 3.68. The number of esters is 1. The Morgan fingerprint density at radius 3 is 2.61 bits per heavy atom. The summed E-state index contributed by atoms with van der Waals surface area (Å²) in [6, 6.07) is 6.56. The Bertz CT molecular complexity index is 750. The van der Waals surface area contributed by atoms with Gasteiger partial charge in [0.1, 0.15) is 5.58 Å². The van der Waals surface area contributed by atoms with Crippen LogP contribution in [0.4, 0.5) is 4.79 Å². The monoisotopic (exact) mass is 318 g/mol. The van der Waals surface area contributed by atoms with Crippen molar-refractivity contribution < 1.29 is 23.5 Å².